The highest BCUT2D eigenvalue weighted by Gasteiger charge is 2.22. The summed E-state index contributed by atoms with van der Waals surface area (Å²) in [5.41, 5.74) is 4.54. The first kappa shape index (κ1) is 16.7. The van der Waals surface area contributed by atoms with E-state index in [4.69, 9.17) is 0 Å². The van der Waals surface area contributed by atoms with E-state index in [1.807, 2.05) is 19.2 Å². The van der Waals surface area contributed by atoms with E-state index in [2.05, 4.69) is 38.5 Å². The lowest BCUT2D eigenvalue weighted by Crippen LogP contribution is -2.27. The maximum Gasteiger partial charge on any atom is 0.244 e. The molecule has 24 heavy (non-hydrogen) atoms. The van der Waals surface area contributed by atoms with Gasteiger partial charge in [0.2, 0.25) is 10.0 Å². The molecule has 3 aromatic rings. The van der Waals surface area contributed by atoms with Crippen molar-refractivity contribution in [1.82, 2.24) is 19.5 Å². The second kappa shape index (κ2) is 6.07. The van der Waals surface area contributed by atoms with Gasteiger partial charge in [0.15, 0.2) is 0 Å². The third-order valence-electron chi connectivity index (χ3n) is 4.53. The van der Waals surface area contributed by atoms with Crippen LogP contribution in [-0.4, -0.2) is 29.7 Å². The third-order valence-corrected chi connectivity index (χ3v) is 6.25. The summed E-state index contributed by atoms with van der Waals surface area (Å²) in [5.74, 6) is 0. The number of aromatic nitrogens is 3. The summed E-state index contributed by atoms with van der Waals surface area (Å²) in [6.45, 7) is 5.81. The van der Waals surface area contributed by atoms with Gasteiger partial charge in [-0.05, 0) is 38.8 Å². The number of rotatable bonds is 5. The molecule has 0 aliphatic heterocycles. The smallest absolute Gasteiger partial charge is 0.244 e. The number of nitrogens with zero attached hydrogens (tertiary/aromatic N) is 2. The van der Waals surface area contributed by atoms with Crippen LogP contribution in [0.15, 0.2) is 29.2 Å². The second-order valence-electron chi connectivity index (χ2n) is 6.05. The molecule has 0 radical (unpaired) electrons. The Kier molecular flexibility index (Phi) is 4.23. The van der Waals surface area contributed by atoms with Crippen molar-refractivity contribution in [2.45, 2.75) is 32.1 Å². The van der Waals surface area contributed by atoms with Crippen molar-refractivity contribution < 1.29 is 8.42 Å². The van der Waals surface area contributed by atoms with Crippen molar-refractivity contribution in [3.8, 4) is 0 Å². The van der Waals surface area contributed by atoms with Crippen molar-refractivity contribution in [3.63, 3.8) is 0 Å². The minimum Gasteiger partial charge on any atom is -0.348 e. The van der Waals surface area contributed by atoms with E-state index in [1.54, 1.807) is 13.8 Å². The highest BCUT2D eigenvalue weighted by Crippen LogP contribution is 2.25. The van der Waals surface area contributed by atoms with Crippen LogP contribution < -0.4 is 4.72 Å². The fourth-order valence-electron chi connectivity index (χ4n) is 3.23. The quantitative estimate of drug-likeness (QED) is 0.744. The zero-order chi connectivity index (χ0) is 17.5. The lowest BCUT2D eigenvalue weighted by Gasteiger charge is -2.07. The van der Waals surface area contributed by atoms with E-state index in [9.17, 15) is 8.42 Å². The third kappa shape index (κ3) is 2.74. The molecule has 2 aromatic heterocycles. The molecule has 0 fully saturated rings. The van der Waals surface area contributed by atoms with Crippen LogP contribution in [-0.2, 0) is 23.5 Å². The number of H-pyrrole nitrogens is 1. The Balaban J connectivity index is 1.82. The molecule has 0 unspecified atom stereocenters. The average molecular weight is 346 g/mol. The van der Waals surface area contributed by atoms with Gasteiger partial charge >= 0.3 is 0 Å². The number of hydrogen-bond acceptors (Lipinski definition) is 3. The summed E-state index contributed by atoms with van der Waals surface area (Å²) in [6.07, 6.45) is 0.641. The Hall–Kier alpha value is -2.12. The van der Waals surface area contributed by atoms with Crippen LogP contribution in [0.5, 0.6) is 0 Å². The molecule has 0 spiro atoms. The molecule has 128 valence electrons. The number of benzene rings is 1. The monoisotopic (exact) mass is 346 g/mol. The summed E-state index contributed by atoms with van der Waals surface area (Å²) in [4.78, 5) is 0.247. The van der Waals surface area contributed by atoms with Gasteiger partial charge < -0.3 is 4.57 Å². The topological polar surface area (TPSA) is 79.8 Å². The van der Waals surface area contributed by atoms with Gasteiger partial charge in [0, 0.05) is 30.2 Å². The average Bonchev–Trinajstić information content (AvgIpc) is 3.00. The van der Waals surface area contributed by atoms with E-state index in [0.29, 0.717) is 24.4 Å². The number of aryl methyl sites for hydroxylation is 3. The summed E-state index contributed by atoms with van der Waals surface area (Å²) in [6, 6.07) is 8.18. The highest BCUT2D eigenvalue weighted by atomic mass is 32.2. The molecule has 6 nitrogen and oxygen atoms in total. The van der Waals surface area contributed by atoms with Gasteiger partial charge in [0.1, 0.15) is 4.90 Å². The Bertz CT molecular complexity index is 980. The normalized spacial score (nSPS) is 12.2. The molecule has 0 aliphatic rings. The molecular formula is C17H22N4O2S. The molecule has 3 rings (SSSR count). The van der Waals surface area contributed by atoms with Crippen molar-refractivity contribution in [2.24, 2.45) is 7.05 Å². The second-order valence-corrected chi connectivity index (χ2v) is 7.75. The number of para-hydroxylation sites is 1. The van der Waals surface area contributed by atoms with Crippen LogP contribution in [0.3, 0.4) is 0 Å². The summed E-state index contributed by atoms with van der Waals surface area (Å²) < 4.78 is 29.8. The molecule has 2 N–H and O–H groups in total. The molecule has 0 atom stereocenters. The molecule has 1 aromatic carbocycles. The van der Waals surface area contributed by atoms with Crippen LogP contribution in [0.4, 0.5) is 0 Å². The molecular weight excluding hydrogens is 324 g/mol. The Morgan fingerprint density at radius 1 is 1.21 bits per heavy atom. The summed E-state index contributed by atoms with van der Waals surface area (Å²) >= 11 is 0. The van der Waals surface area contributed by atoms with Gasteiger partial charge in [-0.15, -0.1) is 0 Å². The van der Waals surface area contributed by atoms with Gasteiger partial charge in [-0.2, -0.15) is 5.10 Å². The van der Waals surface area contributed by atoms with E-state index in [0.717, 1.165) is 11.2 Å². The fraction of sp³-hybridized carbons (Fsp3) is 0.353. The maximum absolute atomic E-state index is 12.5. The van der Waals surface area contributed by atoms with Gasteiger partial charge in [0.05, 0.1) is 11.4 Å². The first-order chi connectivity index (χ1) is 11.3. The zero-order valence-electron chi connectivity index (χ0n) is 14.3. The first-order valence-electron chi connectivity index (χ1n) is 7.87. The van der Waals surface area contributed by atoms with Gasteiger partial charge in [0.25, 0.3) is 0 Å². The molecule has 0 saturated carbocycles. The van der Waals surface area contributed by atoms with E-state index >= 15 is 0 Å². The molecule has 2 heterocycles. The SMILES string of the molecule is Cc1n[nH]c(C)c1S(=O)(=O)NCCc1c(C)n(C)c2ccccc12. The van der Waals surface area contributed by atoms with Crippen molar-refractivity contribution in [2.75, 3.05) is 6.54 Å². The molecule has 0 bridgehead atoms. The fourth-order valence-corrected chi connectivity index (χ4v) is 4.63. The maximum atomic E-state index is 12.5. The Morgan fingerprint density at radius 3 is 2.58 bits per heavy atom. The summed E-state index contributed by atoms with van der Waals surface area (Å²) in [5, 5.41) is 7.85. The van der Waals surface area contributed by atoms with E-state index in [1.165, 1.54) is 10.9 Å². The number of hydrogen-bond donors (Lipinski definition) is 2. The Morgan fingerprint density at radius 2 is 1.92 bits per heavy atom. The van der Waals surface area contributed by atoms with Gasteiger partial charge in [-0.25, -0.2) is 13.1 Å². The molecule has 0 amide bonds. The highest BCUT2D eigenvalue weighted by molar-refractivity contribution is 7.89. The lowest BCUT2D eigenvalue weighted by molar-refractivity contribution is 0.580. The predicted octanol–water partition coefficient (Wildman–Crippen LogP) is 2.35. The van der Waals surface area contributed by atoms with Crippen molar-refractivity contribution >= 4 is 20.9 Å². The van der Waals surface area contributed by atoms with Crippen molar-refractivity contribution in [3.05, 3.63) is 46.9 Å². The van der Waals surface area contributed by atoms with Crippen LogP contribution >= 0.6 is 0 Å². The van der Waals surface area contributed by atoms with Gasteiger partial charge in [-0.3, -0.25) is 5.10 Å². The van der Waals surface area contributed by atoms with Crippen LogP contribution in [0.25, 0.3) is 10.9 Å². The van der Waals surface area contributed by atoms with Gasteiger partial charge in [-0.1, -0.05) is 18.2 Å². The lowest BCUT2D eigenvalue weighted by atomic mass is 10.1. The standard InChI is InChI=1S/C17H22N4O2S/c1-11-17(12(2)20-19-11)24(22,23)18-10-9-14-13(3)21(4)16-8-6-5-7-15(14)16/h5-8,18H,9-10H2,1-4H3,(H,19,20). The Labute approximate surface area is 141 Å². The van der Waals surface area contributed by atoms with Crippen LogP contribution in [0.1, 0.15) is 22.6 Å². The number of aromatic amines is 1. The van der Waals surface area contributed by atoms with E-state index < -0.39 is 10.0 Å². The van der Waals surface area contributed by atoms with E-state index in [-0.39, 0.29) is 4.90 Å². The number of nitrogens with one attached hydrogen (secondary N) is 2. The zero-order valence-corrected chi connectivity index (χ0v) is 15.2. The molecule has 0 aliphatic carbocycles. The minimum atomic E-state index is -3.56. The number of sulfonamides is 1. The predicted molar refractivity (Wildman–Crippen MR) is 94.6 cm³/mol. The summed E-state index contributed by atoms with van der Waals surface area (Å²) in [7, 11) is -1.53. The van der Waals surface area contributed by atoms with Crippen LogP contribution in [0.2, 0.25) is 0 Å². The first-order valence-corrected chi connectivity index (χ1v) is 9.35. The molecule has 0 saturated heterocycles. The van der Waals surface area contributed by atoms with Crippen molar-refractivity contribution in [1.29, 1.82) is 0 Å². The minimum absolute atomic E-state index is 0.247. The van der Waals surface area contributed by atoms with Crippen LogP contribution in [0, 0.1) is 20.8 Å². The molecule has 7 heteroatoms. The largest absolute Gasteiger partial charge is 0.348 e. The number of fused-ring (bicyclic) bond motifs is 1.